The summed E-state index contributed by atoms with van der Waals surface area (Å²) in [6, 6.07) is -0.607. The minimum atomic E-state index is -4.89. The fourth-order valence-corrected chi connectivity index (χ4v) is 6.38. The predicted octanol–water partition coefficient (Wildman–Crippen LogP) is 2.12. The zero-order valence-electron chi connectivity index (χ0n) is 23.3. The maximum Gasteiger partial charge on any atom is 0.417 e. The number of nitrogens with zero attached hydrogens (tertiary/aromatic N) is 1. The number of alkyl halides is 3. The second-order valence-corrected chi connectivity index (χ2v) is 11.7. The van der Waals surface area contributed by atoms with Gasteiger partial charge in [0.15, 0.2) is 11.4 Å². The molecule has 1 aromatic carbocycles. The highest BCUT2D eigenvalue weighted by Gasteiger charge is 2.64. The molecule has 4 rings (SSSR count). The Morgan fingerprint density at radius 3 is 2.32 bits per heavy atom. The van der Waals surface area contributed by atoms with E-state index in [1.807, 2.05) is 20.8 Å². The summed E-state index contributed by atoms with van der Waals surface area (Å²) in [6.45, 7) is 5.37. The maximum absolute atomic E-state index is 14.5. The summed E-state index contributed by atoms with van der Waals surface area (Å²) in [6.07, 6.45) is -5.65. The van der Waals surface area contributed by atoms with Crippen molar-refractivity contribution in [1.82, 2.24) is 10.2 Å². The summed E-state index contributed by atoms with van der Waals surface area (Å²) in [5.74, 6) is -8.95. The molecule has 0 aromatic heterocycles. The zero-order chi connectivity index (χ0) is 30.9. The van der Waals surface area contributed by atoms with Gasteiger partial charge in [0, 0.05) is 24.1 Å². The molecule has 0 radical (unpaired) electrons. The zero-order valence-corrected chi connectivity index (χ0v) is 23.3. The number of ketones is 2. The minimum Gasteiger partial charge on any atom is -0.508 e. The number of phenolic OH excluding ortho intramolecular Hbond substituents is 1. The van der Waals surface area contributed by atoms with E-state index in [1.54, 1.807) is 0 Å². The van der Waals surface area contributed by atoms with Crippen molar-refractivity contribution < 1.29 is 48.0 Å². The number of aromatic hydroxyl groups is 1. The van der Waals surface area contributed by atoms with E-state index in [-0.39, 0.29) is 30.5 Å². The number of carbonyl (C=O) groups is 3. The van der Waals surface area contributed by atoms with Gasteiger partial charge in [-0.05, 0) is 62.9 Å². The first-order chi connectivity index (χ1) is 18.8. The van der Waals surface area contributed by atoms with E-state index in [2.05, 4.69) is 5.32 Å². The molecule has 5 atom stereocenters. The molecule has 0 spiro atoms. The highest BCUT2D eigenvalue weighted by atomic mass is 19.4. The third-order valence-electron chi connectivity index (χ3n) is 8.70. The monoisotopic (exact) mass is 581 g/mol. The fourth-order valence-electron chi connectivity index (χ4n) is 6.38. The van der Waals surface area contributed by atoms with Crippen molar-refractivity contribution in [2.24, 2.45) is 23.5 Å². The topological polar surface area (TPSA) is 173 Å². The van der Waals surface area contributed by atoms with Crippen molar-refractivity contribution in [3.05, 3.63) is 45.2 Å². The average molecular weight is 582 g/mol. The molecule has 224 valence electrons. The predicted molar refractivity (Wildman–Crippen MR) is 140 cm³/mol. The molecule has 1 aromatic rings. The molecule has 0 bridgehead atoms. The van der Waals surface area contributed by atoms with Crippen LogP contribution in [-0.4, -0.2) is 74.6 Å². The van der Waals surface area contributed by atoms with Gasteiger partial charge in [0.2, 0.25) is 5.78 Å². The lowest BCUT2D eigenvalue weighted by Gasteiger charge is -2.50. The number of hydrogen-bond acceptors (Lipinski definition) is 9. The van der Waals surface area contributed by atoms with Crippen LogP contribution in [0, 0.1) is 17.8 Å². The van der Waals surface area contributed by atoms with Crippen molar-refractivity contribution in [2.45, 2.75) is 64.0 Å². The molecule has 0 unspecified atom stereocenters. The summed E-state index contributed by atoms with van der Waals surface area (Å²) in [7, 11) is 2.87. The molecule has 7 N–H and O–H groups in total. The Kier molecular flexibility index (Phi) is 7.55. The Morgan fingerprint density at radius 1 is 1.20 bits per heavy atom. The molecule has 0 saturated heterocycles. The van der Waals surface area contributed by atoms with Crippen LogP contribution in [-0.2, 0) is 33.5 Å². The Balaban J connectivity index is 1.95. The number of rotatable bonds is 6. The lowest BCUT2D eigenvalue weighted by atomic mass is 9.57. The van der Waals surface area contributed by atoms with Gasteiger partial charge in [0.1, 0.15) is 22.8 Å². The third-order valence-corrected chi connectivity index (χ3v) is 8.70. The van der Waals surface area contributed by atoms with Crippen molar-refractivity contribution >= 4 is 23.2 Å². The fraction of sp³-hybridized carbons (Fsp3) is 0.536. The molecule has 3 aliphatic carbocycles. The number of benzene rings is 1. The van der Waals surface area contributed by atoms with Gasteiger partial charge in [0.25, 0.3) is 5.91 Å². The lowest BCUT2D eigenvalue weighted by molar-refractivity contribution is -0.153. The molecular weight excluding hydrogens is 547 g/mol. The van der Waals surface area contributed by atoms with Gasteiger partial charge in [-0.25, -0.2) is 0 Å². The molecule has 3 aliphatic rings. The molecule has 0 heterocycles. The SMILES string of the molecule is CC(C)[C@H](C)NCc1cc(O)c2c(c1C(F)(F)F)C[C@H]1C[C@H]3[C@H](N(C)C)C(=O)C(C(N)=O)=C(O)[C@@]3(O)C(=O)C1=C2O. The Labute approximate surface area is 234 Å². The average Bonchev–Trinajstić information content (AvgIpc) is 2.83. The van der Waals surface area contributed by atoms with Gasteiger partial charge < -0.3 is 31.5 Å². The molecule has 41 heavy (non-hydrogen) atoms. The number of likely N-dealkylation sites (N-methyl/N-ethyl adjacent to an activating group) is 1. The van der Waals surface area contributed by atoms with Gasteiger partial charge in [-0.2, -0.15) is 13.2 Å². The van der Waals surface area contributed by atoms with Crippen LogP contribution in [0.2, 0.25) is 0 Å². The number of fused-ring (bicyclic) bond motifs is 3. The van der Waals surface area contributed by atoms with Crippen LogP contribution < -0.4 is 11.1 Å². The number of phenols is 1. The summed E-state index contributed by atoms with van der Waals surface area (Å²) < 4.78 is 43.6. The van der Waals surface area contributed by atoms with E-state index in [9.17, 15) is 48.0 Å². The van der Waals surface area contributed by atoms with E-state index in [0.717, 1.165) is 6.07 Å². The molecule has 1 fully saturated rings. The van der Waals surface area contributed by atoms with Crippen molar-refractivity contribution in [1.29, 1.82) is 0 Å². The number of carbonyl (C=O) groups excluding carboxylic acids is 3. The van der Waals surface area contributed by atoms with Crippen molar-refractivity contribution in [3.8, 4) is 5.75 Å². The Bertz CT molecular complexity index is 1400. The van der Waals surface area contributed by atoms with Crippen LogP contribution in [0.3, 0.4) is 0 Å². The van der Waals surface area contributed by atoms with E-state index in [1.165, 1.54) is 19.0 Å². The number of amides is 1. The summed E-state index contributed by atoms with van der Waals surface area (Å²) in [5, 5.41) is 47.5. The largest absolute Gasteiger partial charge is 0.508 e. The van der Waals surface area contributed by atoms with E-state index >= 15 is 0 Å². The lowest BCUT2D eigenvalue weighted by Crippen LogP contribution is -2.65. The Hall–Kier alpha value is -3.42. The minimum absolute atomic E-state index is 0.112. The van der Waals surface area contributed by atoms with Crippen molar-refractivity contribution in [3.63, 3.8) is 0 Å². The highest BCUT2D eigenvalue weighted by Crippen LogP contribution is 2.54. The number of nitrogens with two attached hydrogens (primary N) is 1. The summed E-state index contributed by atoms with van der Waals surface area (Å²) in [5.41, 5.74) is -1.40. The first-order valence-corrected chi connectivity index (χ1v) is 13.2. The van der Waals surface area contributed by atoms with Crippen LogP contribution in [0.1, 0.15) is 49.4 Å². The number of aliphatic hydroxyl groups excluding tert-OH is 2. The molecule has 1 saturated carbocycles. The summed E-state index contributed by atoms with van der Waals surface area (Å²) in [4.78, 5) is 40.4. The van der Waals surface area contributed by atoms with Gasteiger partial charge in [-0.1, -0.05) is 13.8 Å². The first kappa shape index (κ1) is 30.5. The van der Waals surface area contributed by atoms with Crippen LogP contribution in [0.25, 0.3) is 5.76 Å². The van der Waals surface area contributed by atoms with Crippen molar-refractivity contribution in [2.75, 3.05) is 14.1 Å². The summed E-state index contributed by atoms with van der Waals surface area (Å²) >= 11 is 0. The number of halogens is 3. The van der Waals surface area contributed by atoms with Crippen LogP contribution >= 0.6 is 0 Å². The van der Waals surface area contributed by atoms with E-state index in [4.69, 9.17) is 5.73 Å². The molecule has 10 nitrogen and oxygen atoms in total. The highest BCUT2D eigenvalue weighted by molar-refractivity contribution is 6.24. The van der Waals surface area contributed by atoms with Gasteiger partial charge in [-0.3, -0.25) is 19.3 Å². The number of hydrogen-bond donors (Lipinski definition) is 6. The van der Waals surface area contributed by atoms with Crippen LogP contribution in [0.4, 0.5) is 13.2 Å². The number of primary amides is 1. The second-order valence-electron chi connectivity index (χ2n) is 11.7. The quantitative estimate of drug-likeness (QED) is 0.275. The molecular formula is C28H34F3N3O7. The second kappa shape index (κ2) is 10.1. The Morgan fingerprint density at radius 2 is 1.80 bits per heavy atom. The smallest absolute Gasteiger partial charge is 0.417 e. The molecule has 13 heteroatoms. The standard InChI is InChI=1S/C28H34F3N3O7/c1-10(2)11(3)33-9-13-8-16(35)18-14(20(13)28(29,30)31)6-12-7-15-21(34(4)5)23(37)19(26(32)40)25(39)27(15,41)24(38)17(12)22(18)36/h8,10-12,15,21,33,35-36,39,41H,6-7,9H2,1-5H3,(H2,32,40)/t11-,12-,15-,21-,27-/m0/s1. The number of nitrogens with one attached hydrogen (secondary N) is 1. The van der Waals surface area contributed by atoms with E-state index < -0.39 is 98.7 Å². The first-order valence-electron chi connectivity index (χ1n) is 13.2. The van der Waals surface area contributed by atoms with Crippen LogP contribution in [0.5, 0.6) is 5.75 Å². The number of aliphatic hydroxyl groups is 3. The molecule has 1 amide bonds. The van der Waals surface area contributed by atoms with Gasteiger partial charge in [0.05, 0.1) is 17.2 Å². The normalized spacial score (nSPS) is 27.2. The third kappa shape index (κ3) is 4.59. The van der Waals surface area contributed by atoms with Gasteiger partial charge in [-0.15, -0.1) is 0 Å². The van der Waals surface area contributed by atoms with Gasteiger partial charge >= 0.3 is 6.18 Å². The number of Topliss-reactive ketones (excluding diaryl/α,β-unsaturated/α-hetero) is 2. The van der Waals surface area contributed by atoms with Crippen LogP contribution in [0.15, 0.2) is 23.0 Å². The maximum atomic E-state index is 14.5. The molecule has 0 aliphatic heterocycles. The van der Waals surface area contributed by atoms with E-state index in [0.29, 0.717) is 0 Å².